The first-order chi connectivity index (χ1) is 13.3. The highest BCUT2D eigenvalue weighted by Gasteiger charge is 2.22. The molecule has 0 N–H and O–H groups in total. The van der Waals surface area contributed by atoms with Crippen molar-refractivity contribution in [3.8, 4) is 22.6 Å². The second kappa shape index (κ2) is 7.85. The second-order valence-electron chi connectivity index (χ2n) is 7.24. The number of fused-ring (bicyclic) bond motifs is 1. The van der Waals surface area contributed by atoms with E-state index in [1.165, 1.54) is 5.56 Å². The minimum Gasteiger partial charge on any atom is -0.423 e. The minimum atomic E-state index is -0.434. The number of hydrogen-bond donors (Lipinski definition) is 0. The van der Waals surface area contributed by atoms with E-state index in [9.17, 15) is 9.59 Å². The summed E-state index contributed by atoms with van der Waals surface area (Å²) in [5.74, 6) is 0.283. The molecule has 4 nitrogen and oxygen atoms in total. The molecular formula is C24H24O4. The molecule has 0 saturated carbocycles. The average Bonchev–Trinajstić information content (AvgIpc) is 3.12. The van der Waals surface area contributed by atoms with Crippen LogP contribution in [-0.4, -0.2) is 11.9 Å². The molecule has 2 aromatic rings. The highest BCUT2D eigenvalue weighted by molar-refractivity contribution is 5.90. The monoisotopic (exact) mass is 376 g/mol. The van der Waals surface area contributed by atoms with E-state index in [0.717, 1.165) is 41.5 Å². The van der Waals surface area contributed by atoms with Crippen molar-refractivity contribution >= 4 is 11.9 Å². The fourth-order valence-electron chi connectivity index (χ4n) is 3.40. The Balaban J connectivity index is 1.95. The van der Waals surface area contributed by atoms with Gasteiger partial charge in [-0.05, 0) is 86.1 Å². The molecule has 0 spiro atoms. The van der Waals surface area contributed by atoms with Crippen LogP contribution in [0.4, 0.5) is 0 Å². The molecule has 0 amide bonds. The first-order valence-electron chi connectivity index (χ1n) is 9.29. The zero-order valence-electron chi connectivity index (χ0n) is 16.6. The standard InChI is InChI=1S/C24H24O4/c1-14(2)23(25)27-17-9-10-18(16(5)13-17)20-11-12-22(28-24(26)15(3)4)21-8-6-7-19(20)21/h9-13H,1,3,6-8H2,2,4-5H3. The molecule has 0 unspecified atom stereocenters. The molecular weight excluding hydrogens is 352 g/mol. The van der Waals surface area contributed by atoms with Gasteiger partial charge >= 0.3 is 11.9 Å². The molecule has 1 aliphatic rings. The number of ether oxygens (including phenoxy) is 2. The van der Waals surface area contributed by atoms with Gasteiger partial charge in [0, 0.05) is 11.1 Å². The summed E-state index contributed by atoms with van der Waals surface area (Å²) in [6, 6.07) is 9.46. The van der Waals surface area contributed by atoms with Crippen LogP contribution >= 0.6 is 0 Å². The number of aryl methyl sites for hydroxylation is 1. The molecule has 1 aliphatic carbocycles. The Morgan fingerprint density at radius 3 is 2.11 bits per heavy atom. The van der Waals surface area contributed by atoms with Crippen LogP contribution in [0.25, 0.3) is 11.1 Å². The van der Waals surface area contributed by atoms with E-state index in [2.05, 4.69) is 13.2 Å². The minimum absolute atomic E-state index is 0.361. The third-order valence-corrected chi connectivity index (χ3v) is 4.84. The predicted molar refractivity (Wildman–Crippen MR) is 110 cm³/mol. The van der Waals surface area contributed by atoms with Gasteiger partial charge in [-0.25, -0.2) is 9.59 Å². The van der Waals surface area contributed by atoms with E-state index < -0.39 is 11.9 Å². The molecule has 28 heavy (non-hydrogen) atoms. The van der Waals surface area contributed by atoms with Gasteiger partial charge in [-0.3, -0.25) is 0 Å². The van der Waals surface area contributed by atoms with Gasteiger partial charge in [0.25, 0.3) is 0 Å². The maximum atomic E-state index is 11.9. The summed E-state index contributed by atoms with van der Waals surface area (Å²) >= 11 is 0. The van der Waals surface area contributed by atoms with Crippen LogP contribution in [0.15, 0.2) is 54.6 Å². The molecule has 3 rings (SSSR count). The fraction of sp³-hybridized carbons (Fsp3) is 0.250. The van der Waals surface area contributed by atoms with Crippen molar-refractivity contribution < 1.29 is 19.1 Å². The molecule has 2 aromatic carbocycles. The van der Waals surface area contributed by atoms with Crippen LogP contribution < -0.4 is 9.47 Å². The molecule has 0 aliphatic heterocycles. The molecule has 0 aromatic heterocycles. The number of hydrogen-bond acceptors (Lipinski definition) is 4. The summed E-state index contributed by atoms with van der Waals surface area (Å²) in [5, 5.41) is 0. The van der Waals surface area contributed by atoms with E-state index in [1.807, 2.05) is 31.2 Å². The van der Waals surface area contributed by atoms with Gasteiger partial charge in [0.05, 0.1) is 0 Å². The number of carbonyl (C=O) groups is 2. The molecule has 0 radical (unpaired) electrons. The normalized spacial score (nSPS) is 12.2. The van der Waals surface area contributed by atoms with Gasteiger partial charge < -0.3 is 9.47 Å². The maximum Gasteiger partial charge on any atom is 0.338 e. The van der Waals surface area contributed by atoms with Gasteiger partial charge in [0.2, 0.25) is 0 Å². The molecule has 4 heteroatoms. The van der Waals surface area contributed by atoms with Crippen molar-refractivity contribution in [2.24, 2.45) is 0 Å². The van der Waals surface area contributed by atoms with Crippen LogP contribution in [0, 0.1) is 6.92 Å². The van der Waals surface area contributed by atoms with E-state index in [0.29, 0.717) is 22.6 Å². The van der Waals surface area contributed by atoms with Crippen molar-refractivity contribution in [2.45, 2.75) is 40.0 Å². The topological polar surface area (TPSA) is 52.6 Å². The Bertz CT molecular complexity index is 998. The summed E-state index contributed by atoms with van der Waals surface area (Å²) in [7, 11) is 0. The molecule has 144 valence electrons. The van der Waals surface area contributed by atoms with Gasteiger partial charge in [0.15, 0.2) is 0 Å². The van der Waals surface area contributed by atoms with Gasteiger partial charge in [-0.15, -0.1) is 0 Å². The SMILES string of the molecule is C=C(C)C(=O)Oc1ccc(-c2ccc(OC(=O)C(=C)C)c3c2CCC3)c(C)c1. The summed E-state index contributed by atoms with van der Waals surface area (Å²) in [4.78, 5) is 23.7. The van der Waals surface area contributed by atoms with Gasteiger partial charge in [0.1, 0.15) is 11.5 Å². The lowest BCUT2D eigenvalue weighted by atomic mass is 9.93. The molecule has 0 atom stereocenters. The lowest BCUT2D eigenvalue weighted by molar-refractivity contribution is -0.131. The number of carbonyl (C=O) groups excluding carboxylic acids is 2. The van der Waals surface area contributed by atoms with E-state index >= 15 is 0 Å². The van der Waals surface area contributed by atoms with Crippen LogP contribution in [0.2, 0.25) is 0 Å². The average molecular weight is 376 g/mol. The zero-order chi connectivity index (χ0) is 20.4. The summed E-state index contributed by atoms with van der Waals surface area (Å²) in [6.07, 6.45) is 2.85. The van der Waals surface area contributed by atoms with Gasteiger partial charge in [-0.1, -0.05) is 25.3 Å². The maximum absolute atomic E-state index is 11.9. The number of rotatable bonds is 5. The largest absolute Gasteiger partial charge is 0.423 e. The quantitative estimate of drug-likeness (QED) is 0.413. The number of benzene rings is 2. The van der Waals surface area contributed by atoms with Crippen LogP contribution in [0.3, 0.4) is 0 Å². The number of esters is 2. The Morgan fingerprint density at radius 1 is 0.857 bits per heavy atom. The van der Waals surface area contributed by atoms with E-state index in [-0.39, 0.29) is 0 Å². The van der Waals surface area contributed by atoms with Gasteiger partial charge in [-0.2, -0.15) is 0 Å². The summed E-state index contributed by atoms with van der Waals surface area (Å²) < 4.78 is 10.8. The van der Waals surface area contributed by atoms with E-state index in [4.69, 9.17) is 9.47 Å². The van der Waals surface area contributed by atoms with E-state index in [1.54, 1.807) is 19.9 Å². The molecule has 0 fully saturated rings. The highest BCUT2D eigenvalue weighted by Crippen LogP contribution is 2.39. The molecule has 0 heterocycles. The Kier molecular flexibility index (Phi) is 5.50. The predicted octanol–water partition coefficient (Wildman–Crippen LogP) is 5.11. The first-order valence-corrected chi connectivity index (χ1v) is 9.29. The third-order valence-electron chi connectivity index (χ3n) is 4.84. The van der Waals surface area contributed by atoms with Crippen LogP contribution in [-0.2, 0) is 22.4 Å². The molecule has 0 saturated heterocycles. The van der Waals surface area contributed by atoms with Crippen molar-refractivity contribution in [1.82, 2.24) is 0 Å². The highest BCUT2D eigenvalue weighted by atomic mass is 16.5. The Labute approximate surface area is 165 Å². The second-order valence-corrected chi connectivity index (χ2v) is 7.24. The Morgan fingerprint density at radius 2 is 1.46 bits per heavy atom. The Hall–Kier alpha value is -3.14. The zero-order valence-corrected chi connectivity index (χ0v) is 16.6. The van der Waals surface area contributed by atoms with Crippen molar-refractivity contribution in [3.05, 3.63) is 71.3 Å². The van der Waals surface area contributed by atoms with Crippen molar-refractivity contribution in [2.75, 3.05) is 0 Å². The first kappa shape index (κ1) is 19.6. The van der Waals surface area contributed by atoms with Crippen molar-refractivity contribution in [1.29, 1.82) is 0 Å². The van der Waals surface area contributed by atoms with Crippen LogP contribution in [0.5, 0.6) is 11.5 Å². The molecule has 0 bridgehead atoms. The summed E-state index contributed by atoms with van der Waals surface area (Å²) in [5.41, 5.74) is 6.24. The third kappa shape index (κ3) is 3.91. The fourth-order valence-corrected chi connectivity index (χ4v) is 3.40. The lowest BCUT2D eigenvalue weighted by Gasteiger charge is -2.16. The lowest BCUT2D eigenvalue weighted by Crippen LogP contribution is -2.10. The van der Waals surface area contributed by atoms with Crippen LogP contribution in [0.1, 0.15) is 37.0 Å². The summed E-state index contributed by atoms with van der Waals surface area (Å²) in [6.45, 7) is 12.5. The smallest absolute Gasteiger partial charge is 0.338 e. The van der Waals surface area contributed by atoms with Crippen molar-refractivity contribution in [3.63, 3.8) is 0 Å².